The number of hydrogen-bond donors (Lipinski definition) is 1. The zero-order chi connectivity index (χ0) is 21.1. The van der Waals surface area contributed by atoms with E-state index in [1.165, 1.54) is 16.4 Å². The highest BCUT2D eigenvalue weighted by Crippen LogP contribution is 2.19. The maximum atomic E-state index is 12.9. The van der Waals surface area contributed by atoms with Crippen LogP contribution in [-0.2, 0) is 10.0 Å². The Bertz CT molecular complexity index is 1140. The van der Waals surface area contributed by atoms with E-state index < -0.39 is 15.9 Å². The van der Waals surface area contributed by atoms with Crippen molar-refractivity contribution in [2.75, 3.05) is 38.5 Å². The van der Waals surface area contributed by atoms with Crippen LogP contribution in [0.5, 0.6) is 0 Å². The Kier molecular flexibility index (Phi) is 5.67. The molecule has 3 aromatic rings. The van der Waals surface area contributed by atoms with Gasteiger partial charge in [0.1, 0.15) is 0 Å². The van der Waals surface area contributed by atoms with Crippen LogP contribution in [0, 0.1) is 0 Å². The molecule has 1 amide bonds. The molecule has 1 saturated heterocycles. The van der Waals surface area contributed by atoms with E-state index in [-0.39, 0.29) is 10.5 Å². The van der Waals surface area contributed by atoms with Gasteiger partial charge in [-0.15, -0.1) is 0 Å². The molecule has 1 aliphatic rings. The molecule has 1 fully saturated rings. The normalized spacial score (nSPS) is 15.8. The summed E-state index contributed by atoms with van der Waals surface area (Å²) in [5.41, 5.74) is 1.14. The topological polar surface area (TPSA) is 87.5 Å². The number of amides is 1. The Labute approximate surface area is 175 Å². The number of benzene rings is 2. The first-order chi connectivity index (χ1) is 14.4. The number of piperazine rings is 1. The van der Waals surface area contributed by atoms with E-state index in [4.69, 9.17) is 0 Å². The summed E-state index contributed by atoms with van der Waals surface area (Å²) < 4.78 is 29.0. The molecule has 2 aromatic carbocycles. The number of para-hydroxylation sites is 1. The van der Waals surface area contributed by atoms with Gasteiger partial charge in [0.15, 0.2) is 5.82 Å². The summed E-state index contributed by atoms with van der Waals surface area (Å²) in [7, 11) is -1.67. The predicted octanol–water partition coefficient (Wildman–Crippen LogP) is 2.06. The van der Waals surface area contributed by atoms with Gasteiger partial charge < -0.3 is 10.2 Å². The summed E-state index contributed by atoms with van der Waals surface area (Å²) >= 11 is 0. The van der Waals surface area contributed by atoms with Crippen molar-refractivity contribution in [2.45, 2.75) is 4.90 Å². The maximum Gasteiger partial charge on any atom is 0.256 e. The standard InChI is InChI=1S/C21H23N5O3S/c1-24-12-14-25(15-13-24)30(28,29)19-9-5-6-17(16-19)21(27)22-20-10-11-26(23-20)18-7-3-2-4-8-18/h2-11,16H,12-15H2,1H3,(H,22,23,27). The van der Waals surface area contributed by atoms with Crippen LogP contribution in [0.25, 0.3) is 5.69 Å². The van der Waals surface area contributed by atoms with Gasteiger partial charge in [0.2, 0.25) is 10.0 Å². The zero-order valence-corrected chi connectivity index (χ0v) is 17.4. The molecule has 0 bridgehead atoms. The number of carbonyl (C=O) groups excluding carboxylic acids is 1. The fourth-order valence-corrected chi connectivity index (χ4v) is 4.75. The third-order valence-electron chi connectivity index (χ3n) is 5.05. The van der Waals surface area contributed by atoms with Crippen molar-refractivity contribution < 1.29 is 13.2 Å². The molecule has 8 nitrogen and oxygen atoms in total. The number of nitrogens with one attached hydrogen (secondary N) is 1. The van der Waals surface area contributed by atoms with E-state index in [1.54, 1.807) is 29.1 Å². The molecular formula is C21H23N5O3S. The molecule has 0 saturated carbocycles. The van der Waals surface area contributed by atoms with E-state index in [9.17, 15) is 13.2 Å². The van der Waals surface area contributed by atoms with E-state index >= 15 is 0 Å². The zero-order valence-electron chi connectivity index (χ0n) is 16.6. The molecule has 4 rings (SSSR count). The highest BCUT2D eigenvalue weighted by atomic mass is 32.2. The minimum atomic E-state index is -3.64. The first-order valence-electron chi connectivity index (χ1n) is 9.65. The van der Waals surface area contributed by atoms with Crippen LogP contribution >= 0.6 is 0 Å². The number of nitrogens with zero attached hydrogens (tertiary/aromatic N) is 4. The van der Waals surface area contributed by atoms with Crippen molar-refractivity contribution in [3.63, 3.8) is 0 Å². The fourth-order valence-electron chi connectivity index (χ4n) is 3.28. The summed E-state index contributed by atoms with van der Waals surface area (Å²) in [6.07, 6.45) is 1.75. The lowest BCUT2D eigenvalue weighted by Gasteiger charge is -2.31. The smallest absolute Gasteiger partial charge is 0.256 e. The molecule has 0 aliphatic carbocycles. The largest absolute Gasteiger partial charge is 0.305 e. The predicted molar refractivity (Wildman–Crippen MR) is 114 cm³/mol. The number of hydrogen-bond acceptors (Lipinski definition) is 5. The van der Waals surface area contributed by atoms with E-state index in [2.05, 4.69) is 15.3 Å². The molecule has 30 heavy (non-hydrogen) atoms. The van der Waals surface area contributed by atoms with Crippen molar-refractivity contribution in [3.8, 4) is 5.69 Å². The summed E-state index contributed by atoms with van der Waals surface area (Å²) in [6, 6.07) is 17.3. The highest BCUT2D eigenvalue weighted by Gasteiger charge is 2.28. The third kappa shape index (κ3) is 4.28. The van der Waals surface area contributed by atoms with E-state index in [0.29, 0.717) is 32.0 Å². The third-order valence-corrected chi connectivity index (χ3v) is 6.94. The average molecular weight is 426 g/mol. The second kappa shape index (κ2) is 8.39. The van der Waals surface area contributed by atoms with Gasteiger partial charge in [-0.1, -0.05) is 24.3 Å². The molecule has 156 valence electrons. The van der Waals surface area contributed by atoms with Crippen LogP contribution in [0.1, 0.15) is 10.4 Å². The number of anilines is 1. The highest BCUT2D eigenvalue weighted by molar-refractivity contribution is 7.89. The molecule has 0 atom stereocenters. The van der Waals surface area contributed by atoms with Crippen molar-refractivity contribution >= 4 is 21.7 Å². The molecule has 0 radical (unpaired) electrons. The van der Waals surface area contributed by atoms with Gasteiger partial charge in [-0.25, -0.2) is 13.1 Å². The Morgan fingerprint density at radius 2 is 1.70 bits per heavy atom. The van der Waals surface area contributed by atoms with Crippen LogP contribution in [0.3, 0.4) is 0 Å². The Morgan fingerprint density at radius 1 is 0.967 bits per heavy atom. The SMILES string of the molecule is CN1CCN(S(=O)(=O)c2cccc(C(=O)Nc3ccn(-c4ccccc4)n3)c2)CC1. The van der Waals surface area contributed by atoms with Gasteiger partial charge in [0.05, 0.1) is 10.6 Å². The Morgan fingerprint density at radius 3 is 2.43 bits per heavy atom. The molecule has 1 aromatic heterocycles. The molecular weight excluding hydrogens is 402 g/mol. The first-order valence-corrected chi connectivity index (χ1v) is 11.1. The van der Waals surface area contributed by atoms with Gasteiger partial charge >= 0.3 is 0 Å². The van der Waals surface area contributed by atoms with Crippen LogP contribution in [0.4, 0.5) is 5.82 Å². The van der Waals surface area contributed by atoms with Crippen LogP contribution in [-0.4, -0.2) is 66.5 Å². The first kappa shape index (κ1) is 20.3. The minimum absolute atomic E-state index is 0.120. The van der Waals surface area contributed by atoms with Gasteiger partial charge in [0, 0.05) is 44.0 Å². The molecule has 1 aliphatic heterocycles. The van der Waals surface area contributed by atoms with Gasteiger partial charge in [-0.05, 0) is 37.4 Å². The number of sulfonamides is 1. The van der Waals surface area contributed by atoms with Crippen molar-refractivity contribution in [1.82, 2.24) is 19.0 Å². The van der Waals surface area contributed by atoms with Crippen molar-refractivity contribution in [3.05, 3.63) is 72.4 Å². The second-order valence-corrected chi connectivity index (χ2v) is 9.11. The Hall–Kier alpha value is -3.01. The molecule has 1 N–H and O–H groups in total. The Balaban J connectivity index is 1.50. The number of likely N-dealkylation sites (N-methyl/N-ethyl adjacent to an activating group) is 1. The summed E-state index contributed by atoms with van der Waals surface area (Å²) in [5, 5.41) is 7.08. The quantitative estimate of drug-likeness (QED) is 0.676. The molecule has 9 heteroatoms. The summed E-state index contributed by atoms with van der Waals surface area (Å²) in [6.45, 7) is 2.24. The number of aromatic nitrogens is 2. The summed E-state index contributed by atoms with van der Waals surface area (Å²) in [5.74, 6) is -0.0279. The minimum Gasteiger partial charge on any atom is -0.305 e. The number of carbonyl (C=O) groups is 1. The monoisotopic (exact) mass is 425 g/mol. The maximum absolute atomic E-state index is 12.9. The van der Waals surface area contributed by atoms with Gasteiger partial charge in [-0.3, -0.25) is 4.79 Å². The van der Waals surface area contributed by atoms with Crippen molar-refractivity contribution in [2.24, 2.45) is 0 Å². The van der Waals surface area contributed by atoms with Crippen molar-refractivity contribution in [1.29, 1.82) is 0 Å². The summed E-state index contributed by atoms with van der Waals surface area (Å²) in [4.78, 5) is 14.9. The van der Waals surface area contributed by atoms with Gasteiger partial charge in [0.25, 0.3) is 5.91 Å². The average Bonchev–Trinajstić information content (AvgIpc) is 3.23. The van der Waals surface area contributed by atoms with Crippen LogP contribution in [0.2, 0.25) is 0 Å². The number of rotatable bonds is 5. The van der Waals surface area contributed by atoms with Crippen LogP contribution < -0.4 is 5.32 Å². The lowest BCUT2D eigenvalue weighted by molar-refractivity contribution is 0.102. The lowest BCUT2D eigenvalue weighted by Crippen LogP contribution is -2.47. The molecule has 2 heterocycles. The van der Waals surface area contributed by atoms with E-state index in [0.717, 1.165) is 5.69 Å². The van der Waals surface area contributed by atoms with E-state index in [1.807, 2.05) is 37.4 Å². The fraction of sp³-hybridized carbons (Fsp3) is 0.238. The second-order valence-electron chi connectivity index (χ2n) is 7.17. The van der Waals surface area contributed by atoms with Crippen LogP contribution in [0.15, 0.2) is 71.8 Å². The molecule has 0 unspecified atom stereocenters. The lowest BCUT2D eigenvalue weighted by atomic mass is 10.2. The molecule has 0 spiro atoms. The van der Waals surface area contributed by atoms with Gasteiger partial charge in [-0.2, -0.15) is 9.40 Å².